The van der Waals surface area contributed by atoms with E-state index in [4.69, 9.17) is 44.3 Å². The largest absolute Gasteiger partial charge is 0.503 e. The fraction of sp³-hybridized carbons (Fsp3) is 0.400. The smallest absolute Gasteiger partial charge is 0.260 e. The van der Waals surface area contributed by atoms with Crippen LogP contribution in [0, 0.1) is 23.7 Å². The number of likely N-dealkylation sites (tertiary alicyclic amines) is 1. The number of phenols is 1. The van der Waals surface area contributed by atoms with Crippen LogP contribution in [0.25, 0.3) is 0 Å². The summed E-state index contributed by atoms with van der Waals surface area (Å²) in [6, 6.07) is 14.8. The molecule has 276 valence electrons. The van der Waals surface area contributed by atoms with Crippen LogP contribution in [0.2, 0.25) is 15.1 Å². The summed E-state index contributed by atoms with van der Waals surface area (Å²) in [4.78, 5) is 60.6. The molecule has 5 aliphatic rings. The Balaban J connectivity index is 1.34. The van der Waals surface area contributed by atoms with Gasteiger partial charge >= 0.3 is 0 Å². The van der Waals surface area contributed by atoms with E-state index in [1.54, 1.807) is 55.6 Å². The van der Waals surface area contributed by atoms with Crippen LogP contribution in [0.15, 0.2) is 66.2 Å². The van der Waals surface area contributed by atoms with E-state index < -0.39 is 46.8 Å². The van der Waals surface area contributed by atoms with E-state index in [1.807, 2.05) is 6.08 Å². The third kappa shape index (κ3) is 5.42. The normalized spacial score (nSPS) is 28.4. The molecule has 2 heterocycles. The van der Waals surface area contributed by atoms with Gasteiger partial charge in [-0.15, -0.1) is 0 Å². The molecule has 2 saturated heterocycles. The monoisotopic (exact) mass is 777 g/mol. The zero-order valence-corrected chi connectivity index (χ0v) is 31.4. The number of nitrogens with one attached hydrogen (secondary N) is 1. The Hall–Kier alpha value is -4.25. The van der Waals surface area contributed by atoms with Crippen molar-refractivity contribution in [1.29, 1.82) is 0 Å². The number of methoxy groups -OCH3 is 2. The van der Waals surface area contributed by atoms with Crippen LogP contribution >= 0.6 is 34.8 Å². The maximum atomic E-state index is 15.4. The molecular formula is C40H38Cl3N3O7. The molecule has 53 heavy (non-hydrogen) atoms. The summed E-state index contributed by atoms with van der Waals surface area (Å²) >= 11 is 19.4. The minimum Gasteiger partial charge on any atom is -0.503 e. The highest BCUT2D eigenvalue weighted by Crippen LogP contribution is 2.65. The molecule has 0 radical (unpaired) electrons. The number of ether oxygens (including phenoxy) is 2. The molecular weight excluding hydrogens is 741 g/mol. The lowest BCUT2D eigenvalue weighted by Crippen LogP contribution is -2.53. The number of anilines is 1. The molecule has 0 aromatic heterocycles. The maximum Gasteiger partial charge on any atom is 0.260 e. The SMILES string of the molecule is COc1ccc([C@@]23C(=O)N(Nc4ccc(Cl)cc4Cl)C(=O)[C@@H]2C[C@@H]2C(=CC[C@@H]4C(=O)N(C5CCCCC5)C(=O)[C@@H]42)[C@@H]3c2cc(Cl)c(O)c(OC)c2)cc1. The van der Waals surface area contributed by atoms with Gasteiger partial charge in [-0.1, -0.05) is 77.8 Å². The number of hydrogen-bond acceptors (Lipinski definition) is 8. The number of halogens is 3. The summed E-state index contributed by atoms with van der Waals surface area (Å²) in [5, 5.41) is 12.4. The molecule has 8 rings (SSSR count). The summed E-state index contributed by atoms with van der Waals surface area (Å²) in [5.41, 5.74) is 3.53. The van der Waals surface area contributed by atoms with E-state index in [0.29, 0.717) is 34.0 Å². The first-order valence-corrected chi connectivity index (χ1v) is 19.0. The third-order valence-electron chi connectivity index (χ3n) is 12.2. The van der Waals surface area contributed by atoms with Gasteiger partial charge in [0.05, 0.1) is 53.1 Å². The standard InChI is InChI=1S/C40H38Cl3N3O7/c1-52-24-11-8-21(9-12-24)40-28(37(49)46(39(40)51)44-31-15-10-22(41)18-29(31)42)19-27-25(34(40)20-16-30(43)35(47)32(17-20)53-2)13-14-26-33(27)38(50)45(36(26)48)23-6-4-3-5-7-23/h8-13,15-18,23,26-28,33-34,44,47H,3-7,14,19H2,1-2H3/t26-,27+,28-,33-,34-,40+/m0/s1. The van der Waals surface area contributed by atoms with Crippen molar-refractivity contribution in [3.8, 4) is 17.2 Å². The number of hydrogen-bond donors (Lipinski definition) is 2. The molecule has 4 fully saturated rings. The van der Waals surface area contributed by atoms with Crippen molar-refractivity contribution in [3.63, 3.8) is 0 Å². The zero-order chi connectivity index (χ0) is 37.3. The first kappa shape index (κ1) is 35.8. The van der Waals surface area contributed by atoms with Crippen molar-refractivity contribution < 1.29 is 33.8 Å². The molecule has 0 unspecified atom stereocenters. The third-order valence-corrected chi connectivity index (χ3v) is 13.0. The highest BCUT2D eigenvalue weighted by atomic mass is 35.5. The molecule has 13 heteroatoms. The molecule has 4 amide bonds. The van der Waals surface area contributed by atoms with Crippen LogP contribution in [-0.2, 0) is 24.6 Å². The van der Waals surface area contributed by atoms with Gasteiger partial charge in [-0.2, -0.15) is 5.01 Å². The van der Waals surface area contributed by atoms with Gasteiger partial charge in [0.2, 0.25) is 11.8 Å². The predicted molar refractivity (Wildman–Crippen MR) is 199 cm³/mol. The summed E-state index contributed by atoms with van der Waals surface area (Å²) in [7, 11) is 2.94. The van der Waals surface area contributed by atoms with Gasteiger partial charge in [0, 0.05) is 17.0 Å². The number of imide groups is 2. The number of carbonyl (C=O) groups is 4. The number of allylic oxidation sites excluding steroid dienone is 2. The number of hydrazine groups is 1. The lowest BCUT2D eigenvalue weighted by molar-refractivity contribution is -0.144. The quantitative estimate of drug-likeness (QED) is 0.185. The van der Waals surface area contributed by atoms with Crippen molar-refractivity contribution in [2.75, 3.05) is 19.6 Å². The van der Waals surface area contributed by atoms with Crippen LogP contribution in [-0.4, -0.2) is 58.9 Å². The summed E-state index contributed by atoms with van der Waals surface area (Å²) in [6.45, 7) is 0. The summed E-state index contributed by atoms with van der Waals surface area (Å²) in [5.74, 6) is -4.75. The van der Waals surface area contributed by atoms with Gasteiger partial charge in [0.15, 0.2) is 11.5 Å². The summed E-state index contributed by atoms with van der Waals surface area (Å²) in [6.07, 6.45) is 6.97. The molecule has 2 N–H and O–H groups in total. The number of aromatic hydroxyl groups is 1. The minimum atomic E-state index is -1.58. The van der Waals surface area contributed by atoms with Crippen molar-refractivity contribution in [2.45, 2.75) is 62.3 Å². The Morgan fingerprint density at radius 2 is 1.57 bits per heavy atom. The number of amides is 4. The van der Waals surface area contributed by atoms with Gasteiger partial charge in [0.1, 0.15) is 5.75 Å². The van der Waals surface area contributed by atoms with Gasteiger partial charge in [-0.3, -0.25) is 29.5 Å². The zero-order valence-electron chi connectivity index (χ0n) is 29.1. The number of benzene rings is 3. The summed E-state index contributed by atoms with van der Waals surface area (Å²) < 4.78 is 11.0. The molecule has 3 aromatic carbocycles. The van der Waals surface area contributed by atoms with Crippen molar-refractivity contribution in [2.24, 2.45) is 23.7 Å². The first-order valence-electron chi connectivity index (χ1n) is 17.9. The van der Waals surface area contributed by atoms with E-state index in [9.17, 15) is 19.5 Å². The van der Waals surface area contributed by atoms with E-state index in [2.05, 4.69) is 5.43 Å². The Labute approximate surface area is 321 Å². The Bertz CT molecular complexity index is 2070. The lowest BCUT2D eigenvalue weighted by atomic mass is 9.49. The molecule has 0 spiro atoms. The van der Waals surface area contributed by atoms with E-state index in [-0.39, 0.29) is 45.8 Å². The molecule has 2 aliphatic heterocycles. The first-order chi connectivity index (χ1) is 25.5. The number of fused-ring (bicyclic) bond motifs is 4. The molecule has 10 nitrogen and oxygen atoms in total. The molecule has 2 saturated carbocycles. The van der Waals surface area contributed by atoms with Crippen molar-refractivity contribution in [3.05, 3.63) is 92.4 Å². The second-order valence-electron chi connectivity index (χ2n) is 14.6. The van der Waals surface area contributed by atoms with Gasteiger partial charge < -0.3 is 14.6 Å². The average molecular weight is 779 g/mol. The number of carbonyl (C=O) groups excluding carboxylic acids is 4. The van der Waals surface area contributed by atoms with Gasteiger partial charge in [0.25, 0.3) is 11.8 Å². The highest BCUT2D eigenvalue weighted by Gasteiger charge is 2.70. The van der Waals surface area contributed by atoms with Crippen LogP contribution in [0.4, 0.5) is 5.69 Å². The van der Waals surface area contributed by atoms with Gasteiger partial charge in [-0.25, -0.2) is 0 Å². The second kappa shape index (κ2) is 13.6. The molecule has 3 aromatic rings. The topological polar surface area (TPSA) is 125 Å². The van der Waals surface area contributed by atoms with Crippen LogP contribution in [0.3, 0.4) is 0 Å². The maximum absolute atomic E-state index is 15.4. The number of rotatable bonds is 7. The Morgan fingerprint density at radius 1 is 0.830 bits per heavy atom. The van der Waals surface area contributed by atoms with Gasteiger partial charge in [-0.05, 0) is 85.2 Å². The van der Waals surface area contributed by atoms with Crippen LogP contribution < -0.4 is 14.9 Å². The number of phenolic OH excluding ortho intramolecular Hbond substituents is 1. The fourth-order valence-corrected chi connectivity index (χ4v) is 10.5. The van der Waals surface area contributed by atoms with Crippen molar-refractivity contribution in [1.82, 2.24) is 9.91 Å². The van der Waals surface area contributed by atoms with E-state index in [1.165, 1.54) is 18.1 Å². The number of nitrogens with zero attached hydrogens (tertiary/aromatic N) is 2. The second-order valence-corrected chi connectivity index (χ2v) is 15.9. The van der Waals surface area contributed by atoms with E-state index in [0.717, 1.165) is 42.7 Å². The van der Waals surface area contributed by atoms with E-state index >= 15 is 4.79 Å². The van der Waals surface area contributed by atoms with Crippen LogP contribution in [0.5, 0.6) is 17.2 Å². The molecule has 0 bridgehead atoms. The Morgan fingerprint density at radius 3 is 2.25 bits per heavy atom. The highest BCUT2D eigenvalue weighted by molar-refractivity contribution is 6.36. The fourth-order valence-electron chi connectivity index (χ4n) is 9.86. The van der Waals surface area contributed by atoms with Crippen LogP contribution in [0.1, 0.15) is 62.0 Å². The predicted octanol–water partition coefficient (Wildman–Crippen LogP) is 7.69. The average Bonchev–Trinajstić information content (AvgIpc) is 3.54. The molecule has 6 atom stereocenters. The minimum absolute atomic E-state index is 0.00696. The van der Waals surface area contributed by atoms with Crippen molar-refractivity contribution >= 4 is 64.1 Å². The Kier molecular flexibility index (Phi) is 9.15. The molecule has 3 aliphatic carbocycles. The lowest BCUT2D eigenvalue weighted by Gasteiger charge is -2.50.